The first-order chi connectivity index (χ1) is 24.8. The Kier molecular flexibility index (Phi) is 7.03. The lowest BCUT2D eigenvalue weighted by Gasteiger charge is -2.27. The molecule has 0 aliphatic heterocycles. The van der Waals surface area contributed by atoms with Crippen LogP contribution >= 0.6 is 37.9 Å². The molecule has 3 atom stereocenters. The second-order valence-electron chi connectivity index (χ2n) is 13.6. The van der Waals surface area contributed by atoms with E-state index in [0.29, 0.717) is 0 Å². The molecule has 0 saturated heterocycles. The predicted molar refractivity (Wildman–Crippen MR) is 218 cm³/mol. The van der Waals surface area contributed by atoms with Gasteiger partial charge in [-0.25, -0.2) is 0 Å². The van der Waals surface area contributed by atoms with Crippen LogP contribution in [0.4, 0.5) is 0 Å². The van der Waals surface area contributed by atoms with Gasteiger partial charge < -0.3 is 15.3 Å². The van der Waals surface area contributed by atoms with Crippen LogP contribution in [-0.4, -0.2) is 15.3 Å². The van der Waals surface area contributed by atoms with Crippen molar-refractivity contribution in [1.82, 2.24) is 0 Å². The molecule has 51 heavy (non-hydrogen) atoms. The van der Waals surface area contributed by atoms with Crippen LogP contribution in [0.5, 0.6) is 0 Å². The average Bonchev–Trinajstić information content (AvgIpc) is 3.16. The van der Waals surface area contributed by atoms with Crippen LogP contribution in [0.3, 0.4) is 0 Å². The Morgan fingerprint density at radius 3 is 0.824 bits per heavy atom. The summed E-state index contributed by atoms with van der Waals surface area (Å²) in [5.74, 6) is 0. The van der Waals surface area contributed by atoms with Crippen LogP contribution in [0.1, 0.15) is 51.7 Å². The van der Waals surface area contributed by atoms with Crippen LogP contribution in [0.15, 0.2) is 142 Å². The van der Waals surface area contributed by atoms with Crippen LogP contribution in [-0.2, 0) is 0 Å². The largest absolute Gasteiger partial charge is 0.384 e. The van der Waals surface area contributed by atoms with Crippen molar-refractivity contribution in [3.05, 3.63) is 161 Å². The Hall–Kier alpha value is -4.53. The fourth-order valence-corrected chi connectivity index (χ4v) is 8.90. The van der Waals surface area contributed by atoms with Gasteiger partial charge in [0, 0.05) is 14.7 Å². The zero-order chi connectivity index (χ0) is 34.7. The molecule has 3 unspecified atom stereocenters. The number of aliphatic hydroxyl groups is 3. The van der Waals surface area contributed by atoms with E-state index < -0.39 is 18.3 Å². The summed E-state index contributed by atoms with van der Waals surface area (Å²) >= 11 is 13.4. The molecule has 6 heteroatoms. The summed E-state index contributed by atoms with van der Waals surface area (Å²) in [7, 11) is 0. The van der Waals surface area contributed by atoms with Crippen LogP contribution in [0.2, 0.25) is 0 Å². The summed E-state index contributed by atoms with van der Waals surface area (Å²) in [5, 5.41) is 48.4. The Morgan fingerprint density at radius 1 is 0.314 bits per heavy atom. The molecule has 10 aromatic carbocycles. The van der Waals surface area contributed by atoms with Crippen molar-refractivity contribution in [3.63, 3.8) is 0 Å². The number of benzene rings is 10. The van der Waals surface area contributed by atoms with E-state index >= 15 is 0 Å². The second-order valence-corrected chi connectivity index (χ2v) is 15.2. The van der Waals surface area contributed by atoms with Gasteiger partial charge in [-0.1, -0.05) is 72.8 Å². The average molecular weight is 715 g/mol. The van der Waals surface area contributed by atoms with Crippen molar-refractivity contribution in [2.24, 2.45) is 0 Å². The highest BCUT2D eigenvalue weighted by Gasteiger charge is 2.28. The van der Waals surface area contributed by atoms with Crippen LogP contribution < -0.4 is 0 Å². The van der Waals surface area contributed by atoms with Gasteiger partial charge in [0.1, 0.15) is 18.3 Å². The molecule has 10 rings (SSSR count). The molecule has 0 bridgehead atoms. The molecule has 3 nitrogen and oxygen atoms in total. The normalized spacial score (nSPS) is 14.2. The first-order valence-corrected chi connectivity index (χ1v) is 18.2. The van der Waals surface area contributed by atoms with Gasteiger partial charge in [0.2, 0.25) is 0 Å². The number of hydrogen-bond acceptors (Lipinski definition) is 6. The maximum atomic E-state index is 12.0. The van der Waals surface area contributed by atoms with Gasteiger partial charge in [-0.3, -0.25) is 0 Å². The maximum absolute atomic E-state index is 12.0. The van der Waals surface area contributed by atoms with E-state index in [2.05, 4.69) is 92.5 Å². The molecule has 0 fully saturated rings. The molecule has 0 heterocycles. The monoisotopic (exact) mass is 714 g/mol. The quantitative estimate of drug-likeness (QED) is 0.0591. The number of hydrogen-bond donors (Lipinski definition) is 6. The van der Waals surface area contributed by atoms with Gasteiger partial charge in [0.05, 0.1) is 0 Å². The molecular formula is C45H30O3S3. The van der Waals surface area contributed by atoms with E-state index in [-0.39, 0.29) is 0 Å². The zero-order valence-electron chi connectivity index (χ0n) is 27.0. The fraction of sp³-hybridized carbons (Fsp3) is 0.0667. The third-order valence-corrected chi connectivity index (χ3v) is 11.7. The second kappa shape index (κ2) is 11.5. The molecule has 10 aromatic rings. The number of aliphatic hydroxyl groups excluding tert-OH is 3. The maximum Gasteiger partial charge on any atom is 0.105 e. The van der Waals surface area contributed by atoms with Gasteiger partial charge in [0.25, 0.3) is 0 Å². The lowest BCUT2D eigenvalue weighted by molar-refractivity contribution is 0.221. The molecule has 246 valence electrons. The standard InChI is InChI=1S/C45H30O3S3/c46-43(22-1-10-28(49)11-2-22)34-19-25-8-17-32-36(45(48)24-5-14-30(51)15-6-24)21-27-9-18-33-35(44(47)23-3-12-29(50)13-4-23)20-26-7-16-31(34)40-37(25)41(32)39(27)42(33)38(26)40/h1-21,43-51H. The van der Waals surface area contributed by atoms with Crippen molar-refractivity contribution >= 4 is 103 Å². The van der Waals surface area contributed by atoms with E-state index in [1.54, 1.807) is 0 Å². The van der Waals surface area contributed by atoms with Crippen LogP contribution in [0.25, 0.3) is 64.6 Å². The summed E-state index contributed by atoms with van der Waals surface area (Å²) in [5.41, 5.74) is 4.86. The van der Waals surface area contributed by atoms with Gasteiger partial charge in [-0.05, 0) is 153 Å². The molecule has 0 spiro atoms. The number of rotatable bonds is 6. The lowest BCUT2D eigenvalue weighted by Crippen LogP contribution is -2.06. The van der Waals surface area contributed by atoms with Crippen LogP contribution in [0, 0.1) is 0 Å². The zero-order valence-corrected chi connectivity index (χ0v) is 29.7. The molecule has 0 amide bonds. The third kappa shape index (κ3) is 4.61. The SMILES string of the molecule is OC(c1ccc(S)cc1)c1cc2ccc3c(C(O)c4ccc(S)cc4)cc4ccc5c(C(O)c6ccc(S)cc6)cc6ccc1c1c6c5c4c3c21. The Labute approximate surface area is 310 Å². The van der Waals surface area contributed by atoms with Gasteiger partial charge in [-0.2, -0.15) is 0 Å². The summed E-state index contributed by atoms with van der Waals surface area (Å²) in [4.78, 5) is 2.51. The highest BCUT2D eigenvalue weighted by molar-refractivity contribution is 7.80. The Balaban J connectivity index is 1.35. The van der Waals surface area contributed by atoms with Crippen molar-refractivity contribution in [3.8, 4) is 0 Å². The minimum Gasteiger partial charge on any atom is -0.384 e. The van der Waals surface area contributed by atoms with Gasteiger partial charge in [-0.15, -0.1) is 37.9 Å². The highest BCUT2D eigenvalue weighted by Crippen LogP contribution is 2.52. The van der Waals surface area contributed by atoms with E-state index in [1.165, 1.54) is 0 Å². The highest BCUT2D eigenvalue weighted by atomic mass is 32.1. The molecule has 0 aromatic heterocycles. The molecule has 0 aliphatic carbocycles. The topological polar surface area (TPSA) is 60.7 Å². The summed E-state index contributed by atoms with van der Waals surface area (Å²) in [6.45, 7) is 0. The molecule has 0 aliphatic rings. The van der Waals surface area contributed by atoms with Crippen molar-refractivity contribution in [2.75, 3.05) is 0 Å². The van der Waals surface area contributed by atoms with Crippen molar-refractivity contribution < 1.29 is 15.3 Å². The third-order valence-electron chi connectivity index (χ3n) is 10.8. The van der Waals surface area contributed by atoms with E-state index in [4.69, 9.17) is 0 Å². The van der Waals surface area contributed by atoms with Gasteiger partial charge in [0.15, 0.2) is 0 Å². The smallest absolute Gasteiger partial charge is 0.105 e. The van der Waals surface area contributed by atoms with Gasteiger partial charge >= 0.3 is 0 Å². The van der Waals surface area contributed by atoms with E-state index in [0.717, 1.165) is 113 Å². The van der Waals surface area contributed by atoms with E-state index in [1.807, 2.05) is 72.8 Å². The fourth-order valence-electron chi connectivity index (χ4n) is 8.45. The minimum absolute atomic E-state index is 0.794. The molecule has 0 radical (unpaired) electrons. The first-order valence-electron chi connectivity index (χ1n) is 16.9. The molecule has 0 saturated carbocycles. The molecule has 3 N–H and O–H groups in total. The predicted octanol–water partition coefficient (Wildman–Crippen LogP) is 11.0. The summed E-state index contributed by atoms with van der Waals surface area (Å²) < 4.78 is 0. The minimum atomic E-state index is -0.858. The Morgan fingerprint density at radius 2 is 0.569 bits per heavy atom. The summed E-state index contributed by atoms with van der Waals surface area (Å²) in [6, 6.07) is 42.0. The summed E-state index contributed by atoms with van der Waals surface area (Å²) in [6.07, 6.45) is -2.57. The Bertz CT molecular complexity index is 2570. The van der Waals surface area contributed by atoms with Crippen molar-refractivity contribution in [1.29, 1.82) is 0 Å². The molecular weight excluding hydrogens is 685 g/mol. The van der Waals surface area contributed by atoms with E-state index in [9.17, 15) is 15.3 Å². The van der Waals surface area contributed by atoms with Crippen molar-refractivity contribution in [2.45, 2.75) is 33.0 Å². The number of thiol groups is 3. The first kappa shape index (κ1) is 31.2. The lowest BCUT2D eigenvalue weighted by atomic mass is 9.78.